The number of aliphatic imine (C=N–C) groups is 1. The van der Waals surface area contributed by atoms with Crippen LogP contribution in [0.2, 0.25) is 0 Å². The fraction of sp³-hybridized carbons (Fsp3) is 0.286. The molecule has 240 valence electrons. The van der Waals surface area contributed by atoms with E-state index in [9.17, 15) is 22.8 Å². The van der Waals surface area contributed by atoms with E-state index in [1.807, 2.05) is 54.3 Å². The second kappa shape index (κ2) is 13.9. The molecule has 0 saturated carbocycles. The van der Waals surface area contributed by atoms with Crippen molar-refractivity contribution in [2.45, 2.75) is 44.4 Å². The van der Waals surface area contributed by atoms with Gasteiger partial charge in [0.1, 0.15) is 11.5 Å². The number of nitrogens with two attached hydrogens (primary N) is 2. The van der Waals surface area contributed by atoms with Crippen LogP contribution in [0, 0.1) is 0 Å². The molecule has 1 heterocycles. The Labute approximate surface area is 265 Å². The van der Waals surface area contributed by atoms with E-state index in [-0.39, 0.29) is 42.0 Å². The highest BCUT2D eigenvalue weighted by atomic mass is 19.4. The summed E-state index contributed by atoms with van der Waals surface area (Å²) in [5, 5.41) is 2.17. The monoisotopic (exact) mass is 631 g/mol. The van der Waals surface area contributed by atoms with Gasteiger partial charge >= 0.3 is 6.18 Å². The maximum atomic E-state index is 13.9. The van der Waals surface area contributed by atoms with E-state index in [2.05, 4.69) is 4.99 Å². The topological polar surface area (TPSA) is 114 Å². The van der Waals surface area contributed by atoms with Crippen molar-refractivity contribution in [1.29, 1.82) is 0 Å². The van der Waals surface area contributed by atoms with Gasteiger partial charge in [0, 0.05) is 37.3 Å². The first kappa shape index (κ1) is 32.3. The van der Waals surface area contributed by atoms with Crippen molar-refractivity contribution in [2.24, 2.45) is 16.5 Å². The van der Waals surface area contributed by atoms with Crippen LogP contribution in [0.1, 0.15) is 41.3 Å². The second-order valence-electron chi connectivity index (χ2n) is 11.5. The highest BCUT2D eigenvalue weighted by Gasteiger charge is 2.37. The molecule has 4 aromatic rings. The number of hydrogen-bond acceptors (Lipinski definition) is 4. The normalized spacial score (nSPS) is 16.7. The predicted octanol–water partition coefficient (Wildman–Crippen LogP) is 5.99. The van der Waals surface area contributed by atoms with Crippen LogP contribution in [0.15, 0.2) is 96.0 Å². The van der Waals surface area contributed by atoms with Crippen molar-refractivity contribution in [1.82, 2.24) is 9.80 Å². The molecule has 2 amide bonds. The molecule has 4 aromatic carbocycles. The number of piperazine rings is 1. The van der Waals surface area contributed by atoms with Crippen LogP contribution < -0.4 is 16.2 Å². The molecule has 1 aliphatic heterocycles. The molecule has 0 spiro atoms. The van der Waals surface area contributed by atoms with E-state index < -0.39 is 11.7 Å². The van der Waals surface area contributed by atoms with Crippen LogP contribution in [0.3, 0.4) is 0 Å². The maximum absolute atomic E-state index is 13.9. The van der Waals surface area contributed by atoms with Crippen molar-refractivity contribution in [3.05, 3.63) is 108 Å². The first-order valence-corrected chi connectivity index (χ1v) is 15.1. The lowest BCUT2D eigenvalue weighted by atomic mass is 9.99. The lowest BCUT2D eigenvalue weighted by Crippen LogP contribution is -2.60. The van der Waals surface area contributed by atoms with Crippen LogP contribution in [0.4, 0.5) is 13.2 Å². The number of carbonyl (C=O) groups excluding carboxylic acids is 2. The lowest BCUT2D eigenvalue weighted by Gasteiger charge is -2.45. The third-order valence-electron chi connectivity index (χ3n) is 8.08. The third-order valence-corrected chi connectivity index (χ3v) is 8.08. The fourth-order valence-electron chi connectivity index (χ4n) is 5.75. The van der Waals surface area contributed by atoms with E-state index in [4.69, 9.17) is 16.2 Å². The molecule has 0 unspecified atom stereocenters. The van der Waals surface area contributed by atoms with Crippen LogP contribution >= 0.6 is 0 Å². The van der Waals surface area contributed by atoms with Gasteiger partial charge in [0.05, 0.1) is 12.0 Å². The van der Waals surface area contributed by atoms with Gasteiger partial charge in [-0.25, -0.2) is 0 Å². The standard InChI is InChI=1S/C35H36F3N5O3/c1-23-21-43(33(45)27-8-4-10-31(20-27)46-30-15-13-28(14-16-30)35(36,37)38)29(9-5-17-41-34(39)40)22-42(23)32(44)19-24-11-12-25-6-2-3-7-26(25)18-24/h2-4,6-8,10-16,18,20,23,29H,5,9,17,19,21-22H2,1H3,(H4,39,40,41)/t23-,29+/m1/s1. The quantitative estimate of drug-likeness (QED) is 0.134. The summed E-state index contributed by atoms with van der Waals surface area (Å²) in [4.78, 5) is 35.2. The Kier molecular flexibility index (Phi) is 9.79. The minimum absolute atomic E-state index is 0.0118. The van der Waals surface area contributed by atoms with E-state index in [0.29, 0.717) is 43.8 Å². The van der Waals surface area contributed by atoms with Gasteiger partial charge in [0.2, 0.25) is 5.91 Å². The van der Waals surface area contributed by atoms with Crippen molar-refractivity contribution in [3.63, 3.8) is 0 Å². The average Bonchev–Trinajstić information content (AvgIpc) is 3.03. The molecule has 0 bridgehead atoms. The number of carbonyl (C=O) groups is 2. The zero-order valence-corrected chi connectivity index (χ0v) is 25.4. The van der Waals surface area contributed by atoms with Crippen molar-refractivity contribution in [2.75, 3.05) is 19.6 Å². The highest BCUT2D eigenvalue weighted by molar-refractivity contribution is 5.95. The Balaban J connectivity index is 1.31. The predicted molar refractivity (Wildman–Crippen MR) is 172 cm³/mol. The Morgan fingerprint density at radius 1 is 0.870 bits per heavy atom. The zero-order valence-electron chi connectivity index (χ0n) is 25.4. The van der Waals surface area contributed by atoms with Gasteiger partial charge < -0.3 is 26.0 Å². The van der Waals surface area contributed by atoms with Gasteiger partial charge in [-0.05, 0) is 78.6 Å². The largest absolute Gasteiger partial charge is 0.457 e. The summed E-state index contributed by atoms with van der Waals surface area (Å²) in [7, 11) is 0. The molecule has 0 aromatic heterocycles. The van der Waals surface area contributed by atoms with Gasteiger partial charge in [0.25, 0.3) is 5.91 Å². The molecular formula is C35H36F3N5O3. The molecule has 0 aliphatic carbocycles. The summed E-state index contributed by atoms with van der Waals surface area (Å²) in [5.41, 5.74) is 11.5. The molecule has 2 atom stereocenters. The number of ether oxygens (including phenoxy) is 1. The Morgan fingerprint density at radius 2 is 1.61 bits per heavy atom. The van der Waals surface area contributed by atoms with Gasteiger partial charge in [0.15, 0.2) is 5.96 Å². The van der Waals surface area contributed by atoms with Crippen LogP contribution in [-0.2, 0) is 17.4 Å². The number of nitrogens with zero attached hydrogens (tertiary/aromatic N) is 3. The van der Waals surface area contributed by atoms with E-state index in [0.717, 1.165) is 28.5 Å². The Morgan fingerprint density at radius 3 is 2.33 bits per heavy atom. The van der Waals surface area contributed by atoms with Gasteiger partial charge in [-0.1, -0.05) is 48.5 Å². The number of fused-ring (bicyclic) bond motifs is 1. The SMILES string of the molecule is C[C@@H]1CN(C(=O)c2cccc(Oc3ccc(C(F)(F)F)cc3)c2)[C@@H](CCCN=C(N)N)CN1C(=O)Cc1ccc2ccccc2c1. The van der Waals surface area contributed by atoms with E-state index >= 15 is 0 Å². The molecule has 46 heavy (non-hydrogen) atoms. The second-order valence-corrected chi connectivity index (χ2v) is 11.5. The lowest BCUT2D eigenvalue weighted by molar-refractivity contribution is -0.137. The average molecular weight is 632 g/mol. The Hall–Kier alpha value is -5.06. The number of benzene rings is 4. The molecule has 1 aliphatic rings. The maximum Gasteiger partial charge on any atom is 0.416 e. The van der Waals surface area contributed by atoms with Crippen LogP contribution in [0.5, 0.6) is 11.5 Å². The van der Waals surface area contributed by atoms with Gasteiger partial charge in [-0.3, -0.25) is 14.6 Å². The number of halogens is 3. The minimum Gasteiger partial charge on any atom is -0.457 e. The summed E-state index contributed by atoms with van der Waals surface area (Å²) >= 11 is 0. The van der Waals surface area contributed by atoms with Gasteiger partial charge in [-0.15, -0.1) is 0 Å². The van der Waals surface area contributed by atoms with Crippen molar-refractivity contribution in [3.8, 4) is 11.5 Å². The molecule has 4 N–H and O–H groups in total. The van der Waals surface area contributed by atoms with Crippen LogP contribution in [-0.4, -0.2) is 59.3 Å². The smallest absolute Gasteiger partial charge is 0.416 e. The first-order chi connectivity index (χ1) is 22.0. The summed E-state index contributed by atoms with van der Waals surface area (Å²) in [5.74, 6) is 0.256. The Bertz CT molecular complexity index is 1720. The fourth-order valence-corrected chi connectivity index (χ4v) is 5.75. The van der Waals surface area contributed by atoms with E-state index in [1.54, 1.807) is 29.2 Å². The van der Waals surface area contributed by atoms with E-state index in [1.165, 1.54) is 12.1 Å². The number of amides is 2. The van der Waals surface area contributed by atoms with Gasteiger partial charge in [-0.2, -0.15) is 13.2 Å². The minimum atomic E-state index is -4.45. The van der Waals surface area contributed by atoms with Crippen LogP contribution in [0.25, 0.3) is 10.8 Å². The summed E-state index contributed by atoms with van der Waals surface area (Å²) in [6.07, 6.45) is -3.04. The molecular weight excluding hydrogens is 595 g/mol. The molecule has 1 saturated heterocycles. The molecule has 8 nitrogen and oxygen atoms in total. The number of guanidine groups is 1. The highest BCUT2D eigenvalue weighted by Crippen LogP contribution is 2.32. The zero-order chi connectivity index (χ0) is 32.8. The molecule has 1 fully saturated rings. The first-order valence-electron chi connectivity index (χ1n) is 15.1. The number of alkyl halides is 3. The molecule has 5 rings (SSSR count). The summed E-state index contributed by atoms with van der Waals surface area (Å²) in [6, 6.07) is 24.4. The van der Waals surface area contributed by atoms with Crippen molar-refractivity contribution < 1.29 is 27.5 Å². The molecule has 0 radical (unpaired) electrons. The number of rotatable bonds is 9. The third kappa shape index (κ3) is 7.96. The number of hydrogen-bond donors (Lipinski definition) is 2. The van der Waals surface area contributed by atoms with Crippen molar-refractivity contribution >= 4 is 28.5 Å². The molecule has 11 heteroatoms. The summed E-state index contributed by atoms with van der Waals surface area (Å²) in [6.45, 7) is 2.98. The summed E-state index contributed by atoms with van der Waals surface area (Å²) < 4.78 is 44.6.